The van der Waals surface area contributed by atoms with E-state index < -0.39 is 12.1 Å². The first-order chi connectivity index (χ1) is 4.50. The Balaban J connectivity index is 2.55. The molecule has 4 heteroatoms. The monoisotopic (exact) mass is 150 g/mol. The first kappa shape index (κ1) is 7.44. The van der Waals surface area contributed by atoms with Gasteiger partial charge in [0.05, 0.1) is 12.5 Å². The minimum absolute atomic E-state index is 1.12. The van der Waals surface area contributed by atoms with Crippen molar-refractivity contribution in [2.45, 2.75) is 6.18 Å². The minimum atomic E-state index is -4.12. The molecule has 1 radical (unpaired) electrons. The van der Waals surface area contributed by atoms with Crippen LogP contribution in [0, 0.1) is 12.5 Å². The lowest BCUT2D eigenvalue weighted by molar-refractivity contribution is -0.153. The van der Waals surface area contributed by atoms with Crippen LogP contribution in [0.4, 0.5) is 13.2 Å². The van der Waals surface area contributed by atoms with Crippen molar-refractivity contribution in [1.29, 1.82) is 0 Å². The van der Waals surface area contributed by atoms with Gasteiger partial charge >= 0.3 is 6.18 Å². The summed E-state index contributed by atoms with van der Waals surface area (Å²) >= 11 is 0. The largest absolute Gasteiger partial charge is 0.397 e. The van der Waals surface area contributed by atoms with E-state index in [1.165, 1.54) is 11.1 Å². The van der Waals surface area contributed by atoms with E-state index in [4.69, 9.17) is 0 Å². The Morgan fingerprint density at radius 1 is 1.40 bits per heavy atom. The van der Waals surface area contributed by atoms with E-state index in [1.807, 2.05) is 0 Å². The molecule has 0 amide bonds. The van der Waals surface area contributed by atoms with Crippen molar-refractivity contribution >= 4 is 0 Å². The predicted octanol–water partition coefficient (Wildman–Crippen LogP) is 1.79. The first-order valence-electron chi connectivity index (χ1n) is 2.82. The summed E-state index contributed by atoms with van der Waals surface area (Å²) in [7, 11) is 1.57. The maximum Gasteiger partial charge on any atom is 0.397 e. The van der Waals surface area contributed by atoms with Crippen molar-refractivity contribution in [2.75, 3.05) is 7.05 Å². The zero-order chi connectivity index (χ0) is 7.78. The van der Waals surface area contributed by atoms with Gasteiger partial charge in [0.1, 0.15) is 0 Å². The third-order valence-electron chi connectivity index (χ3n) is 1.30. The van der Waals surface area contributed by atoms with Crippen molar-refractivity contribution < 1.29 is 13.2 Å². The molecule has 1 nitrogen and oxygen atoms in total. The number of hydrogen-bond donors (Lipinski definition) is 0. The van der Waals surface area contributed by atoms with E-state index in [1.54, 1.807) is 7.05 Å². The van der Waals surface area contributed by atoms with Crippen LogP contribution in [-0.2, 0) is 0 Å². The normalized spacial score (nSPS) is 26.0. The van der Waals surface area contributed by atoms with Crippen LogP contribution in [0.15, 0.2) is 12.3 Å². The number of alkyl halides is 3. The number of rotatable bonds is 0. The maximum absolute atomic E-state index is 11.8. The standard InChI is InChI=1S/C6H7F3N/c1-10-3-2-5(4-10)6(7,8)9/h2-5H,1H3. The molecule has 0 aromatic carbocycles. The lowest BCUT2D eigenvalue weighted by Crippen LogP contribution is -2.22. The highest BCUT2D eigenvalue weighted by molar-refractivity contribution is 5.06. The van der Waals surface area contributed by atoms with Gasteiger partial charge in [0, 0.05) is 7.05 Å². The molecule has 1 aliphatic heterocycles. The van der Waals surface area contributed by atoms with Crippen LogP contribution in [0.3, 0.4) is 0 Å². The highest BCUT2D eigenvalue weighted by Gasteiger charge is 2.40. The molecule has 1 unspecified atom stereocenters. The Labute approximate surface area is 57.1 Å². The van der Waals surface area contributed by atoms with Crippen molar-refractivity contribution in [3.63, 3.8) is 0 Å². The van der Waals surface area contributed by atoms with Gasteiger partial charge in [-0.2, -0.15) is 13.2 Å². The molecular weight excluding hydrogens is 143 g/mol. The molecule has 0 saturated heterocycles. The third kappa shape index (κ3) is 1.43. The quantitative estimate of drug-likeness (QED) is 0.508. The number of halogens is 3. The molecule has 0 saturated carbocycles. The second-order valence-corrected chi connectivity index (χ2v) is 2.22. The van der Waals surface area contributed by atoms with Crippen LogP contribution >= 0.6 is 0 Å². The van der Waals surface area contributed by atoms with Gasteiger partial charge in [-0.05, 0) is 6.20 Å². The van der Waals surface area contributed by atoms with Crippen LogP contribution in [0.2, 0.25) is 0 Å². The summed E-state index contributed by atoms with van der Waals surface area (Å²) in [6.07, 6.45) is -1.60. The smallest absolute Gasteiger partial charge is 0.375 e. The van der Waals surface area contributed by atoms with Crippen LogP contribution in [0.5, 0.6) is 0 Å². The summed E-state index contributed by atoms with van der Waals surface area (Å²) < 4.78 is 35.5. The maximum atomic E-state index is 11.8. The summed E-state index contributed by atoms with van der Waals surface area (Å²) in [4.78, 5) is 1.40. The second kappa shape index (κ2) is 2.18. The summed E-state index contributed by atoms with van der Waals surface area (Å²) in [6, 6.07) is 0. The second-order valence-electron chi connectivity index (χ2n) is 2.22. The molecule has 0 aromatic heterocycles. The predicted molar refractivity (Wildman–Crippen MR) is 30.7 cm³/mol. The Bertz CT molecular complexity index is 150. The topological polar surface area (TPSA) is 3.24 Å². The van der Waals surface area contributed by atoms with Gasteiger partial charge in [0.15, 0.2) is 0 Å². The molecule has 0 bridgehead atoms. The van der Waals surface area contributed by atoms with Gasteiger partial charge in [-0.1, -0.05) is 6.08 Å². The van der Waals surface area contributed by atoms with Gasteiger partial charge in [-0.25, -0.2) is 0 Å². The summed E-state index contributed by atoms with van der Waals surface area (Å²) in [5, 5.41) is 0. The lowest BCUT2D eigenvalue weighted by atomic mass is 10.1. The lowest BCUT2D eigenvalue weighted by Gasteiger charge is -2.13. The molecule has 0 aliphatic carbocycles. The van der Waals surface area contributed by atoms with Crippen LogP contribution in [0.25, 0.3) is 0 Å². The average molecular weight is 150 g/mol. The Morgan fingerprint density at radius 2 is 2.00 bits per heavy atom. The first-order valence-corrected chi connectivity index (χ1v) is 2.82. The summed E-state index contributed by atoms with van der Waals surface area (Å²) in [6.45, 7) is 1.12. The molecule has 0 N–H and O–H groups in total. The molecule has 1 rings (SSSR count). The molecule has 0 aromatic rings. The van der Waals surface area contributed by atoms with E-state index in [2.05, 4.69) is 0 Å². The Hall–Kier alpha value is -0.670. The van der Waals surface area contributed by atoms with Crippen molar-refractivity contribution in [1.82, 2.24) is 4.90 Å². The molecule has 0 fully saturated rings. The average Bonchev–Trinajstić information content (AvgIpc) is 2.11. The third-order valence-corrected chi connectivity index (χ3v) is 1.30. The van der Waals surface area contributed by atoms with Crippen molar-refractivity contribution in [3.8, 4) is 0 Å². The van der Waals surface area contributed by atoms with Gasteiger partial charge in [0.2, 0.25) is 0 Å². The van der Waals surface area contributed by atoms with Crippen LogP contribution < -0.4 is 0 Å². The number of hydrogen-bond acceptors (Lipinski definition) is 1. The van der Waals surface area contributed by atoms with E-state index >= 15 is 0 Å². The fourth-order valence-corrected chi connectivity index (χ4v) is 0.775. The van der Waals surface area contributed by atoms with Crippen LogP contribution in [0.1, 0.15) is 0 Å². The van der Waals surface area contributed by atoms with Gasteiger partial charge in [-0.3, -0.25) is 0 Å². The van der Waals surface area contributed by atoms with Crippen molar-refractivity contribution in [2.24, 2.45) is 5.92 Å². The van der Waals surface area contributed by atoms with E-state index in [0.29, 0.717) is 0 Å². The van der Waals surface area contributed by atoms with Gasteiger partial charge in [-0.15, -0.1) is 0 Å². The minimum Gasteiger partial charge on any atom is -0.375 e. The van der Waals surface area contributed by atoms with Gasteiger partial charge < -0.3 is 4.90 Å². The SMILES string of the molecule is CN1[CH]C(C(F)(F)F)C=C1. The van der Waals surface area contributed by atoms with Crippen molar-refractivity contribution in [3.05, 3.63) is 18.8 Å². The molecule has 57 valence electrons. The summed E-state index contributed by atoms with van der Waals surface area (Å²) in [5.41, 5.74) is 0. The van der Waals surface area contributed by atoms with Gasteiger partial charge in [0.25, 0.3) is 0 Å². The summed E-state index contributed by atoms with van der Waals surface area (Å²) in [5.74, 6) is -1.39. The fraction of sp³-hybridized carbons (Fsp3) is 0.500. The Morgan fingerprint density at radius 3 is 2.20 bits per heavy atom. The molecule has 10 heavy (non-hydrogen) atoms. The molecular formula is C6H7F3N. The highest BCUT2D eigenvalue weighted by Crippen LogP contribution is 2.32. The zero-order valence-corrected chi connectivity index (χ0v) is 5.39. The van der Waals surface area contributed by atoms with E-state index in [9.17, 15) is 13.2 Å². The molecule has 1 aliphatic rings. The number of nitrogens with zero attached hydrogens (tertiary/aromatic N) is 1. The van der Waals surface area contributed by atoms with Crippen LogP contribution in [-0.4, -0.2) is 18.1 Å². The highest BCUT2D eigenvalue weighted by atomic mass is 19.4. The molecule has 1 atom stereocenters. The molecule has 0 spiro atoms. The van der Waals surface area contributed by atoms with E-state index in [-0.39, 0.29) is 0 Å². The molecule has 1 heterocycles. The Kier molecular flexibility index (Phi) is 1.62. The zero-order valence-electron chi connectivity index (χ0n) is 5.39. The van der Waals surface area contributed by atoms with E-state index in [0.717, 1.165) is 12.6 Å². The fourth-order valence-electron chi connectivity index (χ4n) is 0.775.